The molecule has 0 bridgehead atoms. The normalized spacial score (nSPS) is 13.1. The van der Waals surface area contributed by atoms with Gasteiger partial charge in [-0.2, -0.15) is 13.2 Å². The number of hydrogen-bond donors (Lipinski definition) is 2. The van der Waals surface area contributed by atoms with Crippen LogP contribution in [-0.4, -0.2) is 17.1 Å². The first kappa shape index (κ1) is 16.3. The van der Waals surface area contributed by atoms with Gasteiger partial charge in [0, 0.05) is 11.7 Å². The second-order valence-corrected chi connectivity index (χ2v) is 4.60. The van der Waals surface area contributed by atoms with Crippen LogP contribution in [0.4, 0.5) is 18.9 Å². The Morgan fingerprint density at radius 1 is 1.35 bits per heavy atom. The molecule has 0 fully saturated rings. The molecule has 20 heavy (non-hydrogen) atoms. The number of halogens is 3. The van der Waals surface area contributed by atoms with Crippen molar-refractivity contribution in [2.75, 3.05) is 5.32 Å². The molecule has 112 valence electrons. The van der Waals surface area contributed by atoms with Gasteiger partial charge in [0.25, 0.3) is 0 Å². The van der Waals surface area contributed by atoms with Crippen LogP contribution < -0.4 is 5.32 Å². The van der Waals surface area contributed by atoms with E-state index in [1.807, 2.05) is 13.8 Å². The number of carboxylic acid groups (broad SMARTS) is 1. The fraction of sp³-hybridized carbons (Fsp3) is 0.500. The molecule has 0 radical (unpaired) electrons. The van der Waals surface area contributed by atoms with E-state index in [1.165, 1.54) is 6.07 Å². The highest BCUT2D eigenvalue weighted by atomic mass is 19.4. The number of aromatic carboxylic acids is 1. The third kappa shape index (κ3) is 4.15. The number of rotatable bonds is 6. The zero-order chi connectivity index (χ0) is 15.3. The number of hydrogen-bond acceptors (Lipinski definition) is 2. The van der Waals surface area contributed by atoms with Gasteiger partial charge in [0.2, 0.25) is 0 Å². The molecule has 0 aliphatic carbocycles. The molecule has 0 amide bonds. The fourth-order valence-electron chi connectivity index (χ4n) is 2.02. The van der Waals surface area contributed by atoms with Crippen molar-refractivity contribution in [3.05, 3.63) is 29.3 Å². The second kappa shape index (κ2) is 6.63. The van der Waals surface area contributed by atoms with Crippen LogP contribution in [0.2, 0.25) is 0 Å². The maximum absolute atomic E-state index is 12.7. The van der Waals surface area contributed by atoms with E-state index in [0.29, 0.717) is 5.69 Å². The molecular formula is C14H18F3NO2. The quantitative estimate of drug-likeness (QED) is 0.816. The second-order valence-electron chi connectivity index (χ2n) is 4.60. The van der Waals surface area contributed by atoms with Crippen LogP contribution in [0.25, 0.3) is 0 Å². The lowest BCUT2D eigenvalue weighted by Crippen LogP contribution is -2.19. The van der Waals surface area contributed by atoms with Gasteiger partial charge in [-0.15, -0.1) is 0 Å². The molecular weight excluding hydrogens is 271 g/mol. The molecule has 0 heterocycles. The Hall–Kier alpha value is -1.72. The summed E-state index contributed by atoms with van der Waals surface area (Å²) in [5.41, 5.74) is -1.45. The van der Waals surface area contributed by atoms with E-state index in [4.69, 9.17) is 5.11 Å². The predicted molar refractivity (Wildman–Crippen MR) is 71.0 cm³/mol. The Bertz CT molecular complexity index is 472. The third-order valence-corrected chi connectivity index (χ3v) is 3.06. The molecule has 6 heteroatoms. The van der Waals surface area contributed by atoms with E-state index in [1.54, 1.807) is 0 Å². The first-order valence-corrected chi connectivity index (χ1v) is 6.50. The average Bonchev–Trinajstić information content (AvgIpc) is 2.36. The molecule has 0 aromatic heterocycles. The van der Waals surface area contributed by atoms with Crippen molar-refractivity contribution in [1.29, 1.82) is 0 Å². The van der Waals surface area contributed by atoms with E-state index in [-0.39, 0.29) is 6.04 Å². The van der Waals surface area contributed by atoms with Gasteiger partial charge in [-0.3, -0.25) is 0 Å². The zero-order valence-corrected chi connectivity index (χ0v) is 11.4. The highest BCUT2D eigenvalue weighted by Crippen LogP contribution is 2.33. The van der Waals surface area contributed by atoms with Crippen LogP contribution in [0.15, 0.2) is 18.2 Å². The summed E-state index contributed by atoms with van der Waals surface area (Å²) in [4.78, 5) is 11.0. The number of carboxylic acids is 1. The molecule has 1 aromatic rings. The number of nitrogens with one attached hydrogen (secondary N) is 1. The maximum atomic E-state index is 12.7. The minimum atomic E-state index is -4.67. The molecule has 3 nitrogen and oxygen atoms in total. The summed E-state index contributed by atoms with van der Waals surface area (Å²) in [5, 5.41) is 12.0. The van der Waals surface area contributed by atoms with Crippen LogP contribution in [0.5, 0.6) is 0 Å². The third-order valence-electron chi connectivity index (χ3n) is 3.06. The van der Waals surface area contributed by atoms with Crippen molar-refractivity contribution in [1.82, 2.24) is 0 Å². The van der Waals surface area contributed by atoms with E-state index in [0.717, 1.165) is 31.4 Å². The standard InChI is InChI=1S/C14H18F3NO2/c1-3-5-9(4-2)18-10-6-7-12(14(15,16)17)11(8-10)13(19)20/h6-9,18H,3-5H2,1-2H3,(H,19,20). The number of carbonyl (C=O) groups is 1. The summed E-state index contributed by atoms with van der Waals surface area (Å²) >= 11 is 0. The Labute approximate surface area is 115 Å². The Kier molecular flexibility index (Phi) is 5.42. The van der Waals surface area contributed by atoms with Crippen LogP contribution in [0.3, 0.4) is 0 Å². The largest absolute Gasteiger partial charge is 0.478 e. The minimum absolute atomic E-state index is 0.124. The van der Waals surface area contributed by atoms with Crippen LogP contribution in [0.1, 0.15) is 49.0 Å². The summed E-state index contributed by atoms with van der Waals surface area (Å²) in [6, 6.07) is 3.25. The molecule has 0 spiro atoms. The molecule has 0 saturated heterocycles. The Morgan fingerprint density at radius 3 is 2.45 bits per heavy atom. The summed E-state index contributed by atoms with van der Waals surface area (Å²) in [5.74, 6) is -1.58. The molecule has 0 saturated carbocycles. The molecule has 2 N–H and O–H groups in total. The number of anilines is 1. The van der Waals surface area contributed by atoms with E-state index in [9.17, 15) is 18.0 Å². The van der Waals surface area contributed by atoms with Gasteiger partial charge < -0.3 is 10.4 Å². The first-order valence-electron chi connectivity index (χ1n) is 6.50. The van der Waals surface area contributed by atoms with Crippen molar-refractivity contribution in [2.24, 2.45) is 0 Å². The predicted octanol–water partition coefficient (Wildman–Crippen LogP) is 4.39. The maximum Gasteiger partial charge on any atom is 0.417 e. The topological polar surface area (TPSA) is 49.3 Å². The molecule has 1 aromatic carbocycles. The van der Waals surface area contributed by atoms with Gasteiger partial charge in [0.1, 0.15) is 0 Å². The minimum Gasteiger partial charge on any atom is -0.478 e. The summed E-state index contributed by atoms with van der Waals surface area (Å²) in [7, 11) is 0. The highest BCUT2D eigenvalue weighted by Gasteiger charge is 2.35. The van der Waals surface area contributed by atoms with Crippen molar-refractivity contribution in [2.45, 2.75) is 45.3 Å². The lowest BCUT2D eigenvalue weighted by atomic mass is 10.0. The smallest absolute Gasteiger partial charge is 0.417 e. The number of alkyl halides is 3. The molecule has 1 unspecified atom stereocenters. The van der Waals surface area contributed by atoms with Gasteiger partial charge in [0.15, 0.2) is 0 Å². The van der Waals surface area contributed by atoms with Gasteiger partial charge >= 0.3 is 12.1 Å². The summed E-state index contributed by atoms with van der Waals surface area (Å²) in [6.45, 7) is 3.98. The zero-order valence-electron chi connectivity index (χ0n) is 11.4. The van der Waals surface area contributed by atoms with Crippen molar-refractivity contribution < 1.29 is 23.1 Å². The molecule has 1 atom stereocenters. The molecule has 0 aliphatic heterocycles. The molecule has 0 aliphatic rings. The van der Waals surface area contributed by atoms with E-state index in [2.05, 4.69) is 5.32 Å². The van der Waals surface area contributed by atoms with Crippen LogP contribution in [0, 0.1) is 0 Å². The molecule has 1 rings (SSSR count). The van der Waals surface area contributed by atoms with Crippen molar-refractivity contribution in [3.8, 4) is 0 Å². The first-order chi connectivity index (χ1) is 9.29. The summed E-state index contributed by atoms with van der Waals surface area (Å²) < 4.78 is 38.1. The van der Waals surface area contributed by atoms with Crippen LogP contribution >= 0.6 is 0 Å². The summed E-state index contributed by atoms with van der Waals surface area (Å²) in [6.07, 6.45) is -2.03. The average molecular weight is 289 g/mol. The monoisotopic (exact) mass is 289 g/mol. The Balaban J connectivity index is 3.08. The fourth-order valence-corrected chi connectivity index (χ4v) is 2.02. The van der Waals surface area contributed by atoms with Crippen molar-refractivity contribution >= 4 is 11.7 Å². The SMILES string of the molecule is CCCC(CC)Nc1ccc(C(F)(F)F)c(C(=O)O)c1. The van der Waals surface area contributed by atoms with Gasteiger partial charge in [0.05, 0.1) is 11.1 Å². The van der Waals surface area contributed by atoms with Gasteiger partial charge in [-0.1, -0.05) is 20.3 Å². The highest BCUT2D eigenvalue weighted by molar-refractivity contribution is 5.91. The van der Waals surface area contributed by atoms with E-state index >= 15 is 0 Å². The van der Waals surface area contributed by atoms with E-state index < -0.39 is 23.3 Å². The van der Waals surface area contributed by atoms with Gasteiger partial charge in [-0.25, -0.2) is 4.79 Å². The van der Waals surface area contributed by atoms with Gasteiger partial charge in [-0.05, 0) is 31.0 Å². The number of benzene rings is 1. The van der Waals surface area contributed by atoms with Crippen LogP contribution in [-0.2, 0) is 6.18 Å². The lowest BCUT2D eigenvalue weighted by molar-refractivity contribution is -0.138. The lowest BCUT2D eigenvalue weighted by Gasteiger charge is -2.19. The Morgan fingerprint density at radius 2 is 2.00 bits per heavy atom. The van der Waals surface area contributed by atoms with Crippen molar-refractivity contribution in [3.63, 3.8) is 0 Å².